The molecule has 0 spiro atoms. The summed E-state index contributed by atoms with van der Waals surface area (Å²) in [6, 6.07) is 16.8. The predicted octanol–water partition coefficient (Wildman–Crippen LogP) is 1.62. The highest BCUT2D eigenvalue weighted by Crippen LogP contribution is 2.18. The standard InChI is InChI=1S/C27H24IN9O3/c28-18-4-2-6-20(13-18)31-22-14-23(32-19-5-1-3-16(11-19)26(39)36-9-7-29-8-10-36)37-24(34-22)17(15-30-37)12-21-25(38)35-27(40)33-21/h1-6,11-15,29,31,38H,7-10H2,(H2,33,35,40). The lowest BCUT2D eigenvalue weighted by Gasteiger charge is -2.27. The molecule has 40 heavy (non-hydrogen) atoms. The molecule has 0 saturated carbocycles. The molecule has 3 aromatic heterocycles. The van der Waals surface area contributed by atoms with Gasteiger partial charge in [0.25, 0.3) is 5.91 Å². The lowest BCUT2D eigenvalue weighted by atomic mass is 10.1. The smallest absolute Gasteiger partial charge is 0.326 e. The van der Waals surface area contributed by atoms with E-state index < -0.39 is 5.69 Å². The maximum absolute atomic E-state index is 13.1. The van der Waals surface area contributed by atoms with Crippen LogP contribution in [0.3, 0.4) is 0 Å². The monoisotopic (exact) mass is 649 g/mol. The van der Waals surface area contributed by atoms with Crippen LogP contribution in [-0.2, 0) is 0 Å². The quantitative estimate of drug-likeness (QED) is 0.181. The van der Waals surface area contributed by atoms with Crippen molar-refractivity contribution in [3.8, 4) is 5.88 Å². The SMILES string of the molecule is O=C(c1cccc(N=c2cc(Nc3cccc(I)c3)nc3c(=Cc4[nH]c(=O)[nH]c4O)cnn23)c1)N1CCNCC1. The van der Waals surface area contributed by atoms with E-state index in [1.165, 1.54) is 0 Å². The summed E-state index contributed by atoms with van der Waals surface area (Å²) >= 11 is 2.24. The van der Waals surface area contributed by atoms with E-state index in [1.807, 2.05) is 41.3 Å². The van der Waals surface area contributed by atoms with Gasteiger partial charge in [-0.05, 0) is 65.1 Å². The number of carbonyl (C=O) groups excluding carboxylic acids is 1. The molecule has 12 nitrogen and oxygen atoms in total. The number of imidazole rings is 1. The number of carbonyl (C=O) groups is 1. The zero-order chi connectivity index (χ0) is 27.6. The fourth-order valence-corrected chi connectivity index (χ4v) is 5.01. The fourth-order valence-electron chi connectivity index (χ4n) is 4.46. The van der Waals surface area contributed by atoms with Crippen molar-refractivity contribution in [2.45, 2.75) is 0 Å². The summed E-state index contributed by atoms with van der Waals surface area (Å²) in [4.78, 5) is 41.0. The molecule has 5 N–H and O–H groups in total. The van der Waals surface area contributed by atoms with Gasteiger partial charge in [-0.15, -0.1) is 0 Å². The number of anilines is 2. The Labute approximate surface area is 240 Å². The molecule has 202 valence electrons. The van der Waals surface area contributed by atoms with Gasteiger partial charge in [0, 0.05) is 52.3 Å². The van der Waals surface area contributed by atoms with Crippen molar-refractivity contribution in [3.63, 3.8) is 0 Å². The minimum atomic E-state index is -0.528. The average Bonchev–Trinajstić information content (AvgIpc) is 3.50. The maximum Gasteiger partial charge on any atom is 0.326 e. The van der Waals surface area contributed by atoms with E-state index in [0.717, 1.165) is 22.3 Å². The lowest BCUT2D eigenvalue weighted by Crippen LogP contribution is -2.46. The zero-order valence-electron chi connectivity index (χ0n) is 21.1. The van der Waals surface area contributed by atoms with Crippen LogP contribution in [0.15, 0.2) is 70.6 Å². The average molecular weight is 649 g/mol. The van der Waals surface area contributed by atoms with Crippen LogP contribution >= 0.6 is 22.6 Å². The van der Waals surface area contributed by atoms with Gasteiger partial charge in [0.1, 0.15) is 11.5 Å². The molecule has 1 saturated heterocycles. The number of aromatic hydroxyl groups is 1. The third-order valence-corrected chi connectivity index (χ3v) is 7.02. The van der Waals surface area contributed by atoms with Crippen LogP contribution in [0.5, 0.6) is 5.88 Å². The first-order chi connectivity index (χ1) is 19.4. The summed E-state index contributed by atoms with van der Waals surface area (Å²) in [5, 5.41) is 21.7. The van der Waals surface area contributed by atoms with Crippen LogP contribution in [0.2, 0.25) is 0 Å². The number of aromatic amines is 2. The Kier molecular flexibility index (Phi) is 7.04. The van der Waals surface area contributed by atoms with Crippen LogP contribution in [0.1, 0.15) is 16.1 Å². The Bertz CT molecular complexity index is 1900. The second kappa shape index (κ2) is 10.9. The summed E-state index contributed by atoms with van der Waals surface area (Å²) in [6.45, 7) is 2.86. The van der Waals surface area contributed by atoms with E-state index in [4.69, 9.17) is 9.98 Å². The minimum absolute atomic E-state index is 0.0317. The van der Waals surface area contributed by atoms with Crippen molar-refractivity contribution in [2.75, 3.05) is 31.5 Å². The van der Waals surface area contributed by atoms with Gasteiger partial charge in [0.05, 0.1) is 11.9 Å². The Balaban J connectivity index is 1.47. The van der Waals surface area contributed by atoms with Crippen LogP contribution in [0.25, 0.3) is 11.7 Å². The van der Waals surface area contributed by atoms with Crippen molar-refractivity contribution in [2.24, 2.45) is 4.99 Å². The highest BCUT2D eigenvalue weighted by molar-refractivity contribution is 14.1. The molecule has 1 aliphatic rings. The van der Waals surface area contributed by atoms with Gasteiger partial charge < -0.3 is 25.6 Å². The van der Waals surface area contributed by atoms with Crippen LogP contribution in [0.4, 0.5) is 17.2 Å². The summed E-state index contributed by atoms with van der Waals surface area (Å²) in [5.74, 6) is 0.201. The number of rotatable bonds is 5. The molecule has 13 heteroatoms. The third kappa shape index (κ3) is 5.46. The number of hydrogen-bond donors (Lipinski definition) is 5. The van der Waals surface area contributed by atoms with Crippen LogP contribution in [-0.4, -0.2) is 66.7 Å². The molecule has 1 amide bonds. The molecule has 2 aromatic carbocycles. The van der Waals surface area contributed by atoms with Gasteiger partial charge in [0.15, 0.2) is 11.1 Å². The van der Waals surface area contributed by atoms with Crippen molar-refractivity contribution in [1.82, 2.24) is 34.8 Å². The molecular weight excluding hydrogens is 625 g/mol. The van der Waals surface area contributed by atoms with Crippen LogP contribution in [0, 0.1) is 3.57 Å². The molecule has 0 atom stereocenters. The minimum Gasteiger partial charge on any atom is -0.493 e. The first-order valence-electron chi connectivity index (χ1n) is 12.5. The van der Waals surface area contributed by atoms with E-state index in [1.54, 1.807) is 35.0 Å². The van der Waals surface area contributed by atoms with Crippen LogP contribution < -0.4 is 27.0 Å². The molecule has 0 bridgehead atoms. The molecule has 0 aliphatic carbocycles. The highest BCUT2D eigenvalue weighted by atomic mass is 127. The number of aromatic nitrogens is 5. The number of H-pyrrole nitrogens is 2. The van der Waals surface area contributed by atoms with Gasteiger partial charge in [-0.25, -0.2) is 14.8 Å². The molecule has 1 aliphatic heterocycles. The number of nitrogens with zero attached hydrogens (tertiary/aromatic N) is 5. The molecule has 6 rings (SSSR count). The second-order valence-corrected chi connectivity index (χ2v) is 10.4. The normalized spacial score (nSPS) is 14.7. The number of benzene rings is 2. The summed E-state index contributed by atoms with van der Waals surface area (Å²) in [6.07, 6.45) is 3.15. The molecule has 1 fully saturated rings. The molecule has 0 radical (unpaired) electrons. The van der Waals surface area contributed by atoms with E-state index in [2.05, 4.69) is 48.3 Å². The third-order valence-electron chi connectivity index (χ3n) is 6.35. The molecular formula is C27H24IN9O3. The van der Waals surface area contributed by atoms with Crippen molar-refractivity contribution in [1.29, 1.82) is 0 Å². The number of halogens is 1. The Morgan fingerprint density at radius 2 is 1.93 bits per heavy atom. The Hall–Kier alpha value is -4.50. The zero-order valence-corrected chi connectivity index (χ0v) is 23.2. The second-order valence-electron chi connectivity index (χ2n) is 9.16. The van der Waals surface area contributed by atoms with Crippen molar-refractivity contribution >= 4 is 57.4 Å². The largest absolute Gasteiger partial charge is 0.493 e. The highest BCUT2D eigenvalue weighted by Gasteiger charge is 2.18. The Morgan fingerprint density at radius 1 is 1.10 bits per heavy atom. The predicted molar refractivity (Wildman–Crippen MR) is 158 cm³/mol. The van der Waals surface area contributed by atoms with Gasteiger partial charge in [-0.1, -0.05) is 12.1 Å². The van der Waals surface area contributed by atoms with Gasteiger partial charge in [-0.3, -0.25) is 9.78 Å². The Morgan fingerprint density at radius 3 is 2.70 bits per heavy atom. The number of piperazine rings is 1. The van der Waals surface area contributed by atoms with Crippen molar-refractivity contribution < 1.29 is 9.90 Å². The fraction of sp³-hybridized carbons (Fsp3) is 0.148. The molecule has 4 heterocycles. The molecule has 5 aromatic rings. The van der Waals surface area contributed by atoms with E-state index in [9.17, 15) is 14.7 Å². The van der Waals surface area contributed by atoms with E-state index in [-0.39, 0.29) is 17.5 Å². The number of fused-ring (bicyclic) bond motifs is 1. The summed E-state index contributed by atoms with van der Waals surface area (Å²) < 4.78 is 2.63. The van der Waals surface area contributed by atoms with E-state index in [0.29, 0.717) is 46.5 Å². The lowest BCUT2D eigenvalue weighted by molar-refractivity contribution is 0.0736. The topological polar surface area (TPSA) is 156 Å². The number of nitrogens with one attached hydrogen (secondary N) is 4. The van der Waals surface area contributed by atoms with Gasteiger partial charge in [-0.2, -0.15) is 9.61 Å². The summed E-state index contributed by atoms with van der Waals surface area (Å²) in [5.41, 5.74) is 2.58. The first-order valence-corrected chi connectivity index (χ1v) is 13.6. The maximum atomic E-state index is 13.1. The van der Waals surface area contributed by atoms with E-state index >= 15 is 0 Å². The van der Waals surface area contributed by atoms with Gasteiger partial charge in [0.2, 0.25) is 5.88 Å². The first kappa shape index (κ1) is 25.8. The summed E-state index contributed by atoms with van der Waals surface area (Å²) in [7, 11) is 0. The van der Waals surface area contributed by atoms with Crippen molar-refractivity contribution in [3.05, 3.63) is 96.8 Å². The number of hydrogen-bond acceptors (Lipinski definition) is 8. The number of amides is 1. The molecule has 0 unspecified atom stereocenters. The van der Waals surface area contributed by atoms with Gasteiger partial charge >= 0.3 is 5.69 Å².